The lowest BCUT2D eigenvalue weighted by Gasteiger charge is -2.32. The van der Waals surface area contributed by atoms with E-state index in [1.165, 1.54) is 4.90 Å². The molecule has 1 aromatic carbocycles. The molecule has 2 aliphatic heterocycles. The lowest BCUT2D eigenvalue weighted by Crippen LogP contribution is -2.41. The summed E-state index contributed by atoms with van der Waals surface area (Å²) in [6.07, 6.45) is -0.0706. The molecule has 1 N–H and O–H groups in total. The summed E-state index contributed by atoms with van der Waals surface area (Å²) in [6, 6.07) is 7.39. The molecule has 1 amide bonds. The van der Waals surface area contributed by atoms with Crippen LogP contribution in [-0.4, -0.2) is 49.3 Å². The minimum absolute atomic E-state index is 0.233. The number of carboxylic acid groups (broad SMARTS) is 1. The lowest BCUT2D eigenvalue weighted by molar-refractivity contribution is 0.00578. The highest BCUT2D eigenvalue weighted by molar-refractivity contribution is 6.62. The Bertz CT molecular complexity index is 626. The molecular weight excluding hydrogens is 321 g/mol. The van der Waals surface area contributed by atoms with Crippen molar-refractivity contribution in [1.29, 1.82) is 0 Å². The van der Waals surface area contributed by atoms with E-state index in [1.54, 1.807) is 6.07 Å². The van der Waals surface area contributed by atoms with Crippen molar-refractivity contribution < 1.29 is 23.9 Å². The Labute approximate surface area is 149 Å². The fraction of sp³-hybridized carbons (Fsp3) is 0.611. The smallest absolute Gasteiger partial charge is 0.465 e. The van der Waals surface area contributed by atoms with Gasteiger partial charge in [0, 0.05) is 24.8 Å². The summed E-state index contributed by atoms with van der Waals surface area (Å²) in [4.78, 5) is 13.1. The van der Waals surface area contributed by atoms with Gasteiger partial charge in [0.2, 0.25) is 0 Å². The molecule has 0 aromatic heterocycles. The van der Waals surface area contributed by atoms with Crippen molar-refractivity contribution in [3.63, 3.8) is 0 Å². The molecule has 2 saturated heterocycles. The third-order valence-corrected chi connectivity index (χ3v) is 5.40. The maximum Gasteiger partial charge on any atom is 0.494 e. The van der Waals surface area contributed by atoms with Crippen LogP contribution >= 0.6 is 0 Å². The molecule has 7 heteroatoms. The van der Waals surface area contributed by atoms with Gasteiger partial charge in [0.1, 0.15) is 0 Å². The number of nitrogens with zero attached hydrogens (tertiary/aromatic N) is 1. The van der Waals surface area contributed by atoms with Crippen molar-refractivity contribution in [2.24, 2.45) is 5.92 Å². The Morgan fingerprint density at radius 1 is 1.28 bits per heavy atom. The zero-order valence-electron chi connectivity index (χ0n) is 15.3. The van der Waals surface area contributed by atoms with Crippen LogP contribution in [0.3, 0.4) is 0 Å². The summed E-state index contributed by atoms with van der Waals surface area (Å²) in [5.41, 5.74) is 0.597. The molecule has 25 heavy (non-hydrogen) atoms. The Balaban J connectivity index is 1.81. The zero-order chi connectivity index (χ0) is 18.2. The molecule has 2 aliphatic rings. The zero-order valence-corrected chi connectivity index (χ0v) is 15.3. The standard InChI is InChI=1S/C18H26BNO5/c1-17(2)18(3,4)25-19(24-17)14-6-5-7-15(10-14)20(16(21)22)11-13-8-9-23-12-13/h5-7,10,13H,8-9,11-12H2,1-4H3,(H,21,22). The minimum atomic E-state index is -0.960. The van der Waals surface area contributed by atoms with Crippen molar-refractivity contribution in [1.82, 2.24) is 0 Å². The van der Waals surface area contributed by atoms with Gasteiger partial charge >= 0.3 is 13.2 Å². The highest BCUT2D eigenvalue weighted by Gasteiger charge is 2.51. The first kappa shape index (κ1) is 18.2. The molecule has 0 aliphatic carbocycles. The van der Waals surface area contributed by atoms with Gasteiger partial charge in [-0.1, -0.05) is 12.1 Å². The van der Waals surface area contributed by atoms with Gasteiger partial charge in [-0.05, 0) is 51.7 Å². The number of hydrogen-bond acceptors (Lipinski definition) is 4. The molecule has 3 rings (SSSR count). The summed E-state index contributed by atoms with van der Waals surface area (Å²) >= 11 is 0. The molecule has 0 saturated carbocycles. The van der Waals surface area contributed by atoms with E-state index in [-0.39, 0.29) is 5.92 Å². The third kappa shape index (κ3) is 3.68. The monoisotopic (exact) mass is 347 g/mol. The van der Waals surface area contributed by atoms with Crippen LogP contribution in [0.2, 0.25) is 0 Å². The Morgan fingerprint density at radius 2 is 1.96 bits per heavy atom. The SMILES string of the molecule is CC1(C)OB(c2cccc(N(CC3CCOC3)C(=O)O)c2)OC1(C)C. The van der Waals surface area contributed by atoms with E-state index >= 15 is 0 Å². The van der Waals surface area contributed by atoms with Crippen molar-refractivity contribution >= 4 is 24.4 Å². The second-order valence-electron chi connectivity index (χ2n) is 7.81. The first-order valence-electron chi connectivity index (χ1n) is 8.73. The summed E-state index contributed by atoms with van der Waals surface area (Å²) in [6.45, 7) is 9.75. The molecule has 1 aromatic rings. The fourth-order valence-electron chi connectivity index (χ4n) is 3.10. The van der Waals surface area contributed by atoms with Gasteiger partial charge in [-0.2, -0.15) is 0 Å². The van der Waals surface area contributed by atoms with Crippen LogP contribution in [0.5, 0.6) is 0 Å². The molecule has 6 nitrogen and oxygen atoms in total. The van der Waals surface area contributed by atoms with Gasteiger partial charge in [0.15, 0.2) is 0 Å². The van der Waals surface area contributed by atoms with Crippen LogP contribution in [0.25, 0.3) is 0 Å². The Kier molecular flexibility index (Phi) is 4.83. The third-order valence-electron chi connectivity index (χ3n) is 5.40. The number of amides is 1. The summed E-state index contributed by atoms with van der Waals surface area (Å²) in [5.74, 6) is 0.233. The van der Waals surface area contributed by atoms with Crippen LogP contribution in [0, 0.1) is 5.92 Å². The molecule has 0 spiro atoms. The molecule has 1 unspecified atom stereocenters. The predicted molar refractivity (Wildman–Crippen MR) is 96.5 cm³/mol. The van der Waals surface area contributed by atoms with Crippen molar-refractivity contribution in [3.8, 4) is 0 Å². The number of anilines is 1. The molecule has 0 radical (unpaired) electrons. The number of ether oxygens (including phenoxy) is 1. The lowest BCUT2D eigenvalue weighted by atomic mass is 9.79. The quantitative estimate of drug-likeness (QED) is 0.848. The van der Waals surface area contributed by atoms with E-state index in [4.69, 9.17) is 14.0 Å². The van der Waals surface area contributed by atoms with Gasteiger partial charge in [-0.3, -0.25) is 4.90 Å². The van der Waals surface area contributed by atoms with Crippen LogP contribution < -0.4 is 10.4 Å². The van der Waals surface area contributed by atoms with E-state index < -0.39 is 24.4 Å². The molecule has 136 valence electrons. The van der Waals surface area contributed by atoms with Gasteiger partial charge in [-0.15, -0.1) is 0 Å². The summed E-state index contributed by atoms with van der Waals surface area (Å²) in [5, 5.41) is 9.63. The van der Waals surface area contributed by atoms with Crippen molar-refractivity contribution in [2.75, 3.05) is 24.7 Å². The highest BCUT2D eigenvalue weighted by Crippen LogP contribution is 2.36. The van der Waals surface area contributed by atoms with E-state index in [2.05, 4.69) is 0 Å². The minimum Gasteiger partial charge on any atom is -0.465 e. The van der Waals surface area contributed by atoms with Gasteiger partial charge < -0.3 is 19.2 Å². The number of carbonyl (C=O) groups is 1. The molecule has 2 fully saturated rings. The summed E-state index contributed by atoms with van der Waals surface area (Å²) < 4.78 is 17.5. The number of hydrogen-bond donors (Lipinski definition) is 1. The van der Waals surface area contributed by atoms with E-state index in [9.17, 15) is 9.90 Å². The Hall–Kier alpha value is -1.57. The molecule has 0 bridgehead atoms. The second kappa shape index (κ2) is 6.63. The van der Waals surface area contributed by atoms with Crippen LogP contribution in [0.15, 0.2) is 24.3 Å². The summed E-state index contributed by atoms with van der Waals surface area (Å²) in [7, 11) is -0.504. The van der Waals surface area contributed by atoms with Crippen LogP contribution in [0.1, 0.15) is 34.1 Å². The van der Waals surface area contributed by atoms with E-state index in [0.29, 0.717) is 25.4 Å². The first-order chi connectivity index (χ1) is 11.7. The average molecular weight is 347 g/mol. The second-order valence-corrected chi connectivity index (χ2v) is 7.81. The van der Waals surface area contributed by atoms with Crippen molar-refractivity contribution in [3.05, 3.63) is 24.3 Å². The molecular formula is C18H26BNO5. The normalized spacial score (nSPS) is 24.5. The predicted octanol–water partition coefficient (Wildman–Crippen LogP) is 2.51. The van der Waals surface area contributed by atoms with Gasteiger partial charge in [-0.25, -0.2) is 4.79 Å². The maximum absolute atomic E-state index is 11.7. The van der Waals surface area contributed by atoms with Crippen LogP contribution in [-0.2, 0) is 14.0 Å². The average Bonchev–Trinajstić information content (AvgIpc) is 3.11. The maximum atomic E-state index is 11.7. The highest BCUT2D eigenvalue weighted by atomic mass is 16.7. The largest absolute Gasteiger partial charge is 0.494 e. The topological polar surface area (TPSA) is 68.2 Å². The van der Waals surface area contributed by atoms with Gasteiger partial charge in [0.25, 0.3) is 0 Å². The van der Waals surface area contributed by atoms with E-state index in [0.717, 1.165) is 11.9 Å². The Morgan fingerprint density at radius 3 is 2.52 bits per heavy atom. The number of rotatable bonds is 4. The molecule has 1 atom stereocenters. The van der Waals surface area contributed by atoms with Crippen LogP contribution in [0.4, 0.5) is 10.5 Å². The van der Waals surface area contributed by atoms with E-state index in [1.807, 2.05) is 45.9 Å². The van der Waals surface area contributed by atoms with Crippen molar-refractivity contribution in [2.45, 2.75) is 45.3 Å². The number of benzene rings is 1. The van der Waals surface area contributed by atoms with Gasteiger partial charge in [0.05, 0.1) is 17.8 Å². The fourth-order valence-corrected chi connectivity index (χ4v) is 3.10. The molecule has 2 heterocycles. The first-order valence-corrected chi connectivity index (χ1v) is 8.73.